The fraction of sp³-hybridized carbons (Fsp3) is 0.250. The Bertz CT molecular complexity index is 709. The monoisotopic (exact) mass is 305 g/mol. The molecular weight excluding hydrogens is 286 g/mol. The SMILES string of the molecule is Cc1ccc(CN(C)S(=O)(=O)c2ccccc2CO)cc1. The molecule has 0 aromatic heterocycles. The summed E-state index contributed by atoms with van der Waals surface area (Å²) >= 11 is 0. The second-order valence-electron chi connectivity index (χ2n) is 5.01. The molecule has 112 valence electrons. The Balaban J connectivity index is 2.28. The average molecular weight is 305 g/mol. The van der Waals surface area contributed by atoms with Gasteiger partial charge in [0.2, 0.25) is 10.0 Å². The van der Waals surface area contributed by atoms with Gasteiger partial charge in [0.1, 0.15) is 0 Å². The minimum absolute atomic E-state index is 0.155. The van der Waals surface area contributed by atoms with Crippen LogP contribution < -0.4 is 0 Å². The van der Waals surface area contributed by atoms with Gasteiger partial charge in [-0.05, 0) is 24.1 Å². The molecule has 0 spiro atoms. The lowest BCUT2D eigenvalue weighted by Crippen LogP contribution is -2.27. The molecule has 21 heavy (non-hydrogen) atoms. The molecule has 0 radical (unpaired) electrons. The number of hydrogen-bond acceptors (Lipinski definition) is 3. The number of nitrogens with zero attached hydrogens (tertiary/aromatic N) is 1. The standard InChI is InChI=1S/C16H19NO3S/c1-13-7-9-14(10-8-13)11-17(2)21(19,20)16-6-4-3-5-15(16)12-18/h3-10,18H,11-12H2,1-2H3. The molecule has 0 atom stereocenters. The predicted octanol–water partition coefficient (Wildman–Crippen LogP) is 2.31. The Morgan fingerprint density at radius 2 is 1.67 bits per heavy atom. The van der Waals surface area contributed by atoms with Gasteiger partial charge in [0, 0.05) is 13.6 Å². The van der Waals surface area contributed by atoms with E-state index in [1.54, 1.807) is 25.2 Å². The van der Waals surface area contributed by atoms with E-state index in [1.165, 1.54) is 10.4 Å². The van der Waals surface area contributed by atoms with Gasteiger partial charge in [-0.2, -0.15) is 4.31 Å². The van der Waals surface area contributed by atoms with Crippen LogP contribution in [0.15, 0.2) is 53.4 Å². The average Bonchev–Trinajstić information content (AvgIpc) is 2.49. The van der Waals surface area contributed by atoms with Crippen LogP contribution in [0.3, 0.4) is 0 Å². The van der Waals surface area contributed by atoms with Crippen LogP contribution in [0.4, 0.5) is 0 Å². The summed E-state index contributed by atoms with van der Waals surface area (Å²) in [4.78, 5) is 0.155. The van der Waals surface area contributed by atoms with E-state index in [2.05, 4.69) is 0 Å². The molecule has 0 heterocycles. The van der Waals surface area contributed by atoms with E-state index < -0.39 is 10.0 Å². The first-order valence-electron chi connectivity index (χ1n) is 6.66. The van der Waals surface area contributed by atoms with E-state index in [9.17, 15) is 13.5 Å². The number of aliphatic hydroxyl groups is 1. The van der Waals surface area contributed by atoms with E-state index in [0.29, 0.717) is 12.1 Å². The predicted molar refractivity (Wildman–Crippen MR) is 82.2 cm³/mol. The van der Waals surface area contributed by atoms with Crippen LogP contribution in [0.1, 0.15) is 16.7 Å². The molecule has 2 aromatic rings. The fourth-order valence-electron chi connectivity index (χ4n) is 2.09. The summed E-state index contributed by atoms with van der Waals surface area (Å²) in [5.74, 6) is 0. The van der Waals surface area contributed by atoms with Crippen molar-refractivity contribution in [3.8, 4) is 0 Å². The highest BCUT2D eigenvalue weighted by Gasteiger charge is 2.23. The summed E-state index contributed by atoms with van der Waals surface area (Å²) in [7, 11) is -2.07. The molecule has 5 heteroatoms. The Morgan fingerprint density at radius 1 is 1.05 bits per heavy atom. The number of hydrogen-bond donors (Lipinski definition) is 1. The van der Waals surface area contributed by atoms with Crippen LogP contribution in [0.25, 0.3) is 0 Å². The van der Waals surface area contributed by atoms with Crippen molar-refractivity contribution in [3.63, 3.8) is 0 Å². The summed E-state index contributed by atoms with van der Waals surface area (Å²) in [5, 5.41) is 9.30. The molecular formula is C16H19NO3S. The zero-order valence-electron chi connectivity index (χ0n) is 12.2. The van der Waals surface area contributed by atoms with Gasteiger partial charge in [-0.25, -0.2) is 8.42 Å². The van der Waals surface area contributed by atoms with Gasteiger partial charge >= 0.3 is 0 Å². The van der Waals surface area contributed by atoms with Crippen molar-refractivity contribution in [3.05, 3.63) is 65.2 Å². The second-order valence-corrected chi connectivity index (χ2v) is 7.03. The number of aryl methyl sites for hydroxylation is 1. The van der Waals surface area contributed by atoms with Crippen molar-refractivity contribution in [2.24, 2.45) is 0 Å². The van der Waals surface area contributed by atoms with Crippen molar-refractivity contribution in [1.29, 1.82) is 0 Å². The van der Waals surface area contributed by atoms with Crippen LogP contribution in [-0.2, 0) is 23.2 Å². The maximum atomic E-state index is 12.6. The van der Waals surface area contributed by atoms with Crippen molar-refractivity contribution in [1.82, 2.24) is 4.31 Å². The Kier molecular flexibility index (Phi) is 4.77. The molecule has 0 unspecified atom stereocenters. The molecule has 0 aliphatic rings. The number of sulfonamides is 1. The first-order chi connectivity index (χ1) is 9.95. The van der Waals surface area contributed by atoms with Gasteiger partial charge < -0.3 is 5.11 Å². The molecule has 4 nitrogen and oxygen atoms in total. The van der Waals surface area contributed by atoms with Crippen LogP contribution >= 0.6 is 0 Å². The summed E-state index contributed by atoms with van der Waals surface area (Å²) < 4.78 is 26.5. The number of rotatable bonds is 5. The van der Waals surface area contributed by atoms with Crippen molar-refractivity contribution < 1.29 is 13.5 Å². The molecule has 0 saturated heterocycles. The van der Waals surface area contributed by atoms with Crippen LogP contribution in [0.5, 0.6) is 0 Å². The first-order valence-corrected chi connectivity index (χ1v) is 8.10. The van der Waals surface area contributed by atoms with E-state index in [0.717, 1.165) is 11.1 Å². The van der Waals surface area contributed by atoms with Crippen LogP contribution in [0, 0.1) is 6.92 Å². The summed E-state index contributed by atoms with van der Waals surface area (Å²) in [6.45, 7) is 1.98. The zero-order valence-corrected chi connectivity index (χ0v) is 13.0. The fourth-order valence-corrected chi connectivity index (χ4v) is 3.46. The lowest BCUT2D eigenvalue weighted by atomic mass is 10.1. The van der Waals surface area contributed by atoms with Crippen molar-refractivity contribution >= 4 is 10.0 Å². The molecule has 0 bridgehead atoms. The van der Waals surface area contributed by atoms with Gasteiger partial charge in [-0.3, -0.25) is 0 Å². The minimum atomic E-state index is -3.62. The zero-order chi connectivity index (χ0) is 15.5. The summed E-state index contributed by atoms with van der Waals surface area (Å²) in [6.07, 6.45) is 0. The normalized spacial score (nSPS) is 11.8. The van der Waals surface area contributed by atoms with E-state index in [4.69, 9.17) is 0 Å². The molecule has 0 aliphatic carbocycles. The van der Waals surface area contributed by atoms with Crippen molar-refractivity contribution in [2.45, 2.75) is 25.0 Å². The van der Waals surface area contributed by atoms with E-state index in [1.807, 2.05) is 31.2 Å². The Labute approximate surface area is 125 Å². The third-order valence-electron chi connectivity index (χ3n) is 3.36. The second kappa shape index (κ2) is 6.39. The van der Waals surface area contributed by atoms with Crippen molar-refractivity contribution in [2.75, 3.05) is 7.05 Å². The maximum Gasteiger partial charge on any atom is 0.243 e. The molecule has 0 saturated carbocycles. The highest BCUT2D eigenvalue weighted by Crippen LogP contribution is 2.21. The molecule has 2 aromatic carbocycles. The quantitative estimate of drug-likeness (QED) is 0.922. The summed E-state index contributed by atoms with van der Waals surface area (Å²) in [6, 6.07) is 14.3. The Morgan fingerprint density at radius 3 is 2.29 bits per heavy atom. The topological polar surface area (TPSA) is 57.6 Å². The molecule has 2 rings (SSSR count). The highest BCUT2D eigenvalue weighted by atomic mass is 32.2. The first kappa shape index (κ1) is 15.7. The smallest absolute Gasteiger partial charge is 0.243 e. The third-order valence-corrected chi connectivity index (χ3v) is 5.26. The number of aliphatic hydroxyl groups excluding tert-OH is 1. The molecule has 0 amide bonds. The largest absolute Gasteiger partial charge is 0.392 e. The molecule has 1 N–H and O–H groups in total. The highest BCUT2D eigenvalue weighted by molar-refractivity contribution is 7.89. The third kappa shape index (κ3) is 3.50. The van der Waals surface area contributed by atoms with Crippen LogP contribution in [0.2, 0.25) is 0 Å². The minimum Gasteiger partial charge on any atom is -0.392 e. The van der Waals surface area contributed by atoms with E-state index >= 15 is 0 Å². The van der Waals surface area contributed by atoms with Gasteiger partial charge in [0.05, 0.1) is 11.5 Å². The lowest BCUT2D eigenvalue weighted by molar-refractivity contribution is 0.278. The number of benzene rings is 2. The van der Waals surface area contributed by atoms with Gasteiger partial charge in [0.25, 0.3) is 0 Å². The van der Waals surface area contributed by atoms with Crippen LogP contribution in [-0.4, -0.2) is 24.9 Å². The molecule has 0 fully saturated rings. The summed E-state index contributed by atoms with van der Waals surface area (Å²) in [5.41, 5.74) is 2.47. The van der Waals surface area contributed by atoms with Gasteiger partial charge in [-0.1, -0.05) is 48.0 Å². The lowest BCUT2D eigenvalue weighted by Gasteiger charge is -2.19. The van der Waals surface area contributed by atoms with Gasteiger partial charge in [0.15, 0.2) is 0 Å². The van der Waals surface area contributed by atoms with Gasteiger partial charge in [-0.15, -0.1) is 0 Å². The maximum absolute atomic E-state index is 12.6. The van der Waals surface area contributed by atoms with E-state index in [-0.39, 0.29) is 11.5 Å². The Hall–Kier alpha value is -1.69. The molecule has 0 aliphatic heterocycles.